The van der Waals surface area contributed by atoms with Crippen LogP contribution >= 0.6 is 0 Å². The molecule has 0 amide bonds. The topological polar surface area (TPSA) is 98.2 Å². The van der Waals surface area contributed by atoms with Gasteiger partial charge in [-0.25, -0.2) is 19.9 Å². The molecule has 1 aliphatic rings. The molecule has 0 atom stereocenters. The summed E-state index contributed by atoms with van der Waals surface area (Å²) in [7, 11) is 4.17. The van der Waals surface area contributed by atoms with Crippen molar-refractivity contribution in [1.29, 1.82) is 0 Å². The second kappa shape index (κ2) is 8.09. The van der Waals surface area contributed by atoms with Crippen molar-refractivity contribution >= 4 is 33.6 Å². The molecule has 9 heteroatoms. The summed E-state index contributed by atoms with van der Waals surface area (Å²) in [6, 6.07) is 6.46. The number of rotatable bonds is 5. The molecule has 5 rings (SSSR count). The van der Waals surface area contributed by atoms with Gasteiger partial charge in [-0.15, -0.1) is 0 Å². The van der Waals surface area contributed by atoms with Crippen LogP contribution in [0.3, 0.4) is 0 Å². The van der Waals surface area contributed by atoms with E-state index < -0.39 is 0 Å². The highest BCUT2D eigenvalue weighted by molar-refractivity contribution is 6.08. The molecule has 9 nitrogen and oxygen atoms in total. The molecule has 3 aromatic heterocycles. The Labute approximate surface area is 180 Å². The van der Waals surface area contributed by atoms with Gasteiger partial charge in [0.1, 0.15) is 5.82 Å². The van der Waals surface area contributed by atoms with Crippen LogP contribution in [0.4, 0.5) is 11.8 Å². The Morgan fingerprint density at radius 1 is 1.03 bits per heavy atom. The fraction of sp³-hybridized carbons (Fsp3) is 0.364. The van der Waals surface area contributed by atoms with E-state index >= 15 is 0 Å². The molecule has 1 aromatic carbocycles. The van der Waals surface area contributed by atoms with E-state index in [4.69, 9.17) is 20.4 Å². The summed E-state index contributed by atoms with van der Waals surface area (Å²) >= 11 is 0. The molecule has 0 saturated carbocycles. The number of anilines is 2. The molecule has 2 N–H and O–H groups in total. The third kappa shape index (κ3) is 3.77. The van der Waals surface area contributed by atoms with Gasteiger partial charge < -0.3 is 24.8 Å². The molecule has 4 heterocycles. The summed E-state index contributed by atoms with van der Waals surface area (Å²) in [6.45, 7) is 4.86. The highest BCUT2D eigenvalue weighted by atomic mass is 16.5. The predicted molar refractivity (Wildman–Crippen MR) is 122 cm³/mol. The molecule has 0 aliphatic carbocycles. The van der Waals surface area contributed by atoms with Crippen molar-refractivity contribution in [3.05, 3.63) is 36.8 Å². The van der Waals surface area contributed by atoms with Crippen LogP contribution in [-0.4, -0.2) is 76.3 Å². The Balaban J connectivity index is 1.70. The van der Waals surface area contributed by atoms with Crippen LogP contribution in [0.25, 0.3) is 33.2 Å². The third-order valence-electron chi connectivity index (χ3n) is 5.62. The third-order valence-corrected chi connectivity index (χ3v) is 5.62. The fourth-order valence-electron chi connectivity index (χ4n) is 3.95. The zero-order valence-electron chi connectivity index (χ0n) is 17.8. The molecule has 1 aliphatic heterocycles. The van der Waals surface area contributed by atoms with E-state index in [1.807, 2.05) is 0 Å². The number of nitrogens with two attached hydrogens (primary N) is 1. The van der Waals surface area contributed by atoms with Gasteiger partial charge in [-0.2, -0.15) is 0 Å². The number of aromatic nitrogens is 5. The number of benzene rings is 1. The van der Waals surface area contributed by atoms with Gasteiger partial charge in [-0.3, -0.25) is 0 Å². The van der Waals surface area contributed by atoms with Gasteiger partial charge in [0.2, 0.25) is 5.95 Å². The zero-order valence-corrected chi connectivity index (χ0v) is 17.8. The van der Waals surface area contributed by atoms with Crippen molar-refractivity contribution in [3.8, 4) is 11.4 Å². The maximum absolute atomic E-state index is 5.68. The summed E-state index contributed by atoms with van der Waals surface area (Å²) in [5.41, 5.74) is 8.52. The van der Waals surface area contributed by atoms with Crippen LogP contribution in [0.15, 0.2) is 36.8 Å². The molecular formula is C22H26N8O. The number of fused-ring (bicyclic) bond motifs is 3. The Bertz CT molecular complexity index is 1210. The molecule has 0 unspecified atom stereocenters. The van der Waals surface area contributed by atoms with Gasteiger partial charge >= 0.3 is 0 Å². The van der Waals surface area contributed by atoms with Crippen molar-refractivity contribution in [1.82, 2.24) is 29.4 Å². The minimum Gasteiger partial charge on any atom is -0.378 e. The highest BCUT2D eigenvalue weighted by Gasteiger charge is 2.20. The average Bonchev–Trinajstić information content (AvgIpc) is 3.21. The van der Waals surface area contributed by atoms with E-state index in [9.17, 15) is 0 Å². The highest BCUT2D eigenvalue weighted by Crippen LogP contribution is 2.33. The van der Waals surface area contributed by atoms with Gasteiger partial charge in [0.15, 0.2) is 5.82 Å². The number of likely N-dealkylation sites (N-methyl/N-ethyl adjacent to an activating group) is 1. The van der Waals surface area contributed by atoms with E-state index in [2.05, 4.69) is 62.8 Å². The Morgan fingerprint density at radius 3 is 2.55 bits per heavy atom. The SMILES string of the molecule is CN(C)CCn1ccc2c3nc(-c4cnc(N)nc4)nc(N4CCOCC4)c3ccc21. The molecule has 1 saturated heterocycles. The molecule has 4 aromatic rings. The standard InChI is InChI=1S/C22H26N8O/c1-28(2)7-8-29-6-5-16-18(29)4-3-17-19(16)26-20(15-13-24-22(23)25-14-15)27-21(17)30-9-11-31-12-10-30/h3-6,13-14H,7-12H2,1-2H3,(H2,23,24,25). The quantitative estimate of drug-likeness (QED) is 0.526. The molecule has 0 spiro atoms. The van der Waals surface area contributed by atoms with Crippen molar-refractivity contribution in [3.63, 3.8) is 0 Å². The average molecular weight is 419 g/mol. The van der Waals surface area contributed by atoms with Crippen molar-refractivity contribution in [2.75, 3.05) is 57.6 Å². The predicted octanol–water partition coefficient (Wildman–Crippen LogP) is 2.02. The molecule has 31 heavy (non-hydrogen) atoms. The smallest absolute Gasteiger partial charge is 0.219 e. The Kier molecular flexibility index (Phi) is 5.13. The van der Waals surface area contributed by atoms with Gasteiger partial charge in [0.25, 0.3) is 0 Å². The summed E-state index contributed by atoms with van der Waals surface area (Å²) in [5.74, 6) is 1.75. The first-order chi connectivity index (χ1) is 15.1. The summed E-state index contributed by atoms with van der Waals surface area (Å²) < 4.78 is 7.83. The minimum absolute atomic E-state index is 0.235. The second-order valence-electron chi connectivity index (χ2n) is 8.01. The molecule has 0 bridgehead atoms. The van der Waals surface area contributed by atoms with Crippen LogP contribution in [0, 0.1) is 0 Å². The lowest BCUT2D eigenvalue weighted by molar-refractivity contribution is 0.122. The van der Waals surface area contributed by atoms with Crippen LogP contribution < -0.4 is 10.6 Å². The molecule has 1 fully saturated rings. The van der Waals surface area contributed by atoms with Crippen LogP contribution in [0.5, 0.6) is 0 Å². The number of nitrogens with zero attached hydrogens (tertiary/aromatic N) is 7. The van der Waals surface area contributed by atoms with Gasteiger partial charge in [-0.1, -0.05) is 0 Å². The Hall–Kier alpha value is -3.30. The number of ether oxygens (including phenoxy) is 1. The van der Waals surface area contributed by atoms with E-state index in [0.29, 0.717) is 19.0 Å². The van der Waals surface area contributed by atoms with Crippen LogP contribution in [-0.2, 0) is 11.3 Å². The first-order valence-corrected chi connectivity index (χ1v) is 10.4. The van der Waals surface area contributed by atoms with Crippen molar-refractivity contribution in [2.45, 2.75) is 6.54 Å². The van der Waals surface area contributed by atoms with Gasteiger partial charge in [-0.05, 0) is 32.3 Å². The van der Waals surface area contributed by atoms with Crippen molar-refractivity contribution < 1.29 is 4.74 Å². The lowest BCUT2D eigenvalue weighted by Crippen LogP contribution is -2.37. The largest absolute Gasteiger partial charge is 0.378 e. The fourth-order valence-corrected chi connectivity index (χ4v) is 3.95. The lowest BCUT2D eigenvalue weighted by atomic mass is 10.1. The van der Waals surface area contributed by atoms with E-state index in [0.717, 1.165) is 53.8 Å². The van der Waals surface area contributed by atoms with Crippen LogP contribution in [0.1, 0.15) is 0 Å². The number of hydrogen-bond acceptors (Lipinski definition) is 8. The maximum atomic E-state index is 5.68. The second-order valence-corrected chi connectivity index (χ2v) is 8.01. The van der Waals surface area contributed by atoms with Crippen LogP contribution in [0.2, 0.25) is 0 Å². The normalized spacial score (nSPS) is 14.7. The first kappa shape index (κ1) is 19.7. The molecule has 0 radical (unpaired) electrons. The number of morpholine rings is 1. The maximum Gasteiger partial charge on any atom is 0.219 e. The van der Waals surface area contributed by atoms with Crippen molar-refractivity contribution in [2.24, 2.45) is 0 Å². The zero-order chi connectivity index (χ0) is 21.4. The number of hydrogen-bond donors (Lipinski definition) is 1. The number of nitrogen functional groups attached to an aromatic ring is 1. The molecular weight excluding hydrogens is 392 g/mol. The first-order valence-electron chi connectivity index (χ1n) is 10.4. The lowest BCUT2D eigenvalue weighted by Gasteiger charge is -2.29. The summed E-state index contributed by atoms with van der Waals surface area (Å²) in [4.78, 5) is 22.6. The Morgan fingerprint density at radius 2 is 1.81 bits per heavy atom. The van der Waals surface area contributed by atoms with Gasteiger partial charge in [0, 0.05) is 55.5 Å². The van der Waals surface area contributed by atoms with E-state index in [1.54, 1.807) is 12.4 Å². The molecule has 160 valence electrons. The van der Waals surface area contributed by atoms with E-state index in [-0.39, 0.29) is 5.95 Å². The summed E-state index contributed by atoms with van der Waals surface area (Å²) in [6.07, 6.45) is 5.49. The minimum atomic E-state index is 0.235. The van der Waals surface area contributed by atoms with E-state index in [1.165, 1.54) is 5.52 Å². The van der Waals surface area contributed by atoms with Gasteiger partial charge in [0.05, 0.1) is 29.8 Å². The summed E-state index contributed by atoms with van der Waals surface area (Å²) in [5, 5.41) is 2.16. The monoisotopic (exact) mass is 418 g/mol.